The standard InChI is InChI=1S/C21H22N5O4PS/c1-21(22,14-30-31(27,28)29)20-25-24-19(32-20)17-9-7-16(8-10-17)18-11-23-26(13-18)12-15-5-3-2-4-6-15/h2-11,13H,12,14,22H2,1H3,(H2,27,28,29)/t21-/m0/s1. The minimum Gasteiger partial charge on any atom is -0.318 e. The van der Waals surface area contributed by atoms with Gasteiger partial charge < -0.3 is 15.5 Å². The van der Waals surface area contributed by atoms with Crippen molar-refractivity contribution in [3.8, 4) is 21.7 Å². The van der Waals surface area contributed by atoms with E-state index in [0.29, 0.717) is 16.6 Å². The first-order valence-corrected chi connectivity index (χ1v) is 12.0. The van der Waals surface area contributed by atoms with Crippen molar-refractivity contribution in [3.05, 3.63) is 77.6 Å². The first-order valence-electron chi connectivity index (χ1n) is 9.70. The third-order valence-corrected chi connectivity index (χ3v) is 6.45. The van der Waals surface area contributed by atoms with Gasteiger partial charge in [-0.2, -0.15) is 5.10 Å². The quantitative estimate of drug-likeness (QED) is 0.333. The molecule has 0 fully saturated rings. The molecule has 0 amide bonds. The predicted octanol–water partition coefficient (Wildman–Crippen LogP) is 3.40. The predicted molar refractivity (Wildman–Crippen MR) is 122 cm³/mol. The second-order valence-electron chi connectivity index (χ2n) is 7.58. The lowest BCUT2D eigenvalue weighted by Crippen LogP contribution is -2.37. The van der Waals surface area contributed by atoms with Crippen LogP contribution in [0.25, 0.3) is 21.7 Å². The zero-order chi connectivity index (χ0) is 22.8. The maximum absolute atomic E-state index is 11.0. The lowest BCUT2D eigenvalue weighted by molar-refractivity contribution is 0.158. The van der Waals surface area contributed by atoms with Gasteiger partial charge in [0.15, 0.2) is 0 Å². The molecule has 0 aliphatic rings. The van der Waals surface area contributed by atoms with Gasteiger partial charge in [0.05, 0.1) is 24.9 Å². The van der Waals surface area contributed by atoms with Crippen LogP contribution in [0.4, 0.5) is 0 Å². The molecule has 1 atom stereocenters. The highest BCUT2D eigenvalue weighted by Gasteiger charge is 2.30. The third kappa shape index (κ3) is 5.55. The molecule has 0 bridgehead atoms. The van der Waals surface area contributed by atoms with Crippen molar-refractivity contribution in [1.82, 2.24) is 20.0 Å². The molecule has 4 N–H and O–H groups in total. The van der Waals surface area contributed by atoms with Crippen LogP contribution in [0, 0.1) is 0 Å². The van der Waals surface area contributed by atoms with E-state index in [1.54, 1.807) is 6.92 Å². The summed E-state index contributed by atoms with van der Waals surface area (Å²) in [5.74, 6) is 0. The second kappa shape index (κ2) is 9.03. The highest BCUT2D eigenvalue weighted by molar-refractivity contribution is 7.46. The Labute approximate surface area is 188 Å². The van der Waals surface area contributed by atoms with Crippen molar-refractivity contribution in [2.75, 3.05) is 6.61 Å². The highest BCUT2D eigenvalue weighted by atomic mass is 32.1. The molecule has 2 heterocycles. The summed E-state index contributed by atoms with van der Waals surface area (Å²) in [7, 11) is -4.62. The summed E-state index contributed by atoms with van der Waals surface area (Å²) >= 11 is 1.25. The van der Waals surface area contributed by atoms with Crippen LogP contribution in [-0.2, 0) is 21.2 Å². The lowest BCUT2D eigenvalue weighted by Gasteiger charge is -2.21. The Bertz CT molecular complexity index is 1230. The van der Waals surface area contributed by atoms with Gasteiger partial charge in [-0.3, -0.25) is 9.21 Å². The van der Waals surface area contributed by atoms with E-state index in [9.17, 15) is 4.57 Å². The third-order valence-electron chi connectivity index (χ3n) is 4.73. The average Bonchev–Trinajstić information content (AvgIpc) is 3.43. The summed E-state index contributed by atoms with van der Waals surface area (Å²) in [6.07, 6.45) is 3.84. The van der Waals surface area contributed by atoms with Gasteiger partial charge >= 0.3 is 7.82 Å². The summed E-state index contributed by atoms with van der Waals surface area (Å²) in [4.78, 5) is 17.8. The van der Waals surface area contributed by atoms with E-state index in [0.717, 1.165) is 16.7 Å². The van der Waals surface area contributed by atoms with Gasteiger partial charge in [0.2, 0.25) is 0 Å². The largest absolute Gasteiger partial charge is 0.469 e. The van der Waals surface area contributed by atoms with Crippen molar-refractivity contribution < 1.29 is 18.9 Å². The van der Waals surface area contributed by atoms with Crippen LogP contribution < -0.4 is 5.73 Å². The number of hydrogen-bond acceptors (Lipinski definition) is 7. The summed E-state index contributed by atoms with van der Waals surface area (Å²) in [5, 5.41) is 13.8. The molecule has 11 heteroatoms. The summed E-state index contributed by atoms with van der Waals surface area (Å²) < 4.78 is 17.4. The normalized spacial score (nSPS) is 13.8. The van der Waals surface area contributed by atoms with Crippen LogP contribution in [0.5, 0.6) is 0 Å². The molecular weight excluding hydrogens is 449 g/mol. The number of phosphoric acid groups is 1. The minimum absolute atomic E-state index is 0.377. The zero-order valence-corrected chi connectivity index (χ0v) is 18.9. The molecule has 2 aromatic heterocycles. The molecule has 2 aromatic carbocycles. The summed E-state index contributed by atoms with van der Waals surface area (Å²) in [5.41, 5.74) is 9.03. The Kier molecular flexibility index (Phi) is 6.34. The van der Waals surface area contributed by atoms with Crippen LogP contribution in [-0.4, -0.2) is 36.4 Å². The number of nitrogens with two attached hydrogens (primary N) is 1. The molecular formula is C21H22N5O4PS. The van der Waals surface area contributed by atoms with Crippen LogP contribution in [0.15, 0.2) is 67.0 Å². The van der Waals surface area contributed by atoms with Gasteiger partial charge in [0.25, 0.3) is 0 Å². The molecule has 0 saturated heterocycles. The fourth-order valence-electron chi connectivity index (χ4n) is 3.03. The van der Waals surface area contributed by atoms with Crippen molar-refractivity contribution in [2.45, 2.75) is 19.0 Å². The maximum Gasteiger partial charge on any atom is 0.469 e. The van der Waals surface area contributed by atoms with Crippen LogP contribution in [0.3, 0.4) is 0 Å². The zero-order valence-electron chi connectivity index (χ0n) is 17.2. The van der Waals surface area contributed by atoms with Crippen molar-refractivity contribution >= 4 is 19.2 Å². The summed E-state index contributed by atoms with van der Waals surface area (Å²) in [6.45, 7) is 1.91. The number of hydrogen-bond donors (Lipinski definition) is 3. The van der Waals surface area contributed by atoms with Gasteiger partial charge in [-0.25, -0.2) is 4.57 Å². The van der Waals surface area contributed by atoms with E-state index in [1.807, 2.05) is 59.5 Å². The van der Waals surface area contributed by atoms with E-state index in [2.05, 4.69) is 32.0 Å². The Balaban J connectivity index is 1.46. The molecule has 0 unspecified atom stereocenters. The van der Waals surface area contributed by atoms with Crippen molar-refractivity contribution in [1.29, 1.82) is 0 Å². The number of rotatable bonds is 8. The molecule has 9 nitrogen and oxygen atoms in total. The van der Waals surface area contributed by atoms with Gasteiger partial charge in [-0.05, 0) is 18.1 Å². The second-order valence-corrected chi connectivity index (χ2v) is 9.80. The van der Waals surface area contributed by atoms with E-state index >= 15 is 0 Å². The molecule has 0 aliphatic carbocycles. The van der Waals surface area contributed by atoms with Crippen LogP contribution in [0.1, 0.15) is 17.5 Å². The molecule has 0 saturated carbocycles. The van der Waals surface area contributed by atoms with Crippen molar-refractivity contribution in [3.63, 3.8) is 0 Å². The fraction of sp³-hybridized carbons (Fsp3) is 0.190. The summed E-state index contributed by atoms with van der Waals surface area (Å²) in [6, 6.07) is 18.0. The minimum atomic E-state index is -4.62. The number of aromatic nitrogens is 4. The highest BCUT2D eigenvalue weighted by Crippen LogP contribution is 2.38. The van der Waals surface area contributed by atoms with E-state index in [4.69, 9.17) is 15.5 Å². The number of nitrogens with zero attached hydrogens (tertiary/aromatic N) is 4. The first kappa shape index (κ1) is 22.5. The molecule has 32 heavy (non-hydrogen) atoms. The van der Waals surface area contributed by atoms with E-state index < -0.39 is 13.4 Å². The topological polar surface area (TPSA) is 136 Å². The smallest absolute Gasteiger partial charge is 0.318 e. The fourth-order valence-corrected chi connectivity index (χ4v) is 4.35. The van der Waals surface area contributed by atoms with Gasteiger partial charge in [0.1, 0.15) is 10.0 Å². The molecule has 0 aliphatic heterocycles. The number of benzene rings is 2. The van der Waals surface area contributed by atoms with E-state index in [-0.39, 0.29) is 6.61 Å². The first-order chi connectivity index (χ1) is 15.2. The average molecular weight is 471 g/mol. The lowest BCUT2D eigenvalue weighted by atomic mass is 10.1. The Morgan fingerprint density at radius 2 is 1.75 bits per heavy atom. The SMILES string of the molecule is C[C@](N)(COP(=O)(O)O)c1nnc(-c2ccc(-c3cnn(Cc4ccccc4)c3)cc2)s1. The molecule has 0 spiro atoms. The van der Waals surface area contributed by atoms with Crippen LogP contribution >= 0.6 is 19.2 Å². The Morgan fingerprint density at radius 1 is 1.06 bits per heavy atom. The van der Waals surface area contributed by atoms with Gasteiger partial charge in [0, 0.05) is 17.3 Å². The molecule has 0 radical (unpaired) electrons. The van der Waals surface area contributed by atoms with Gasteiger partial charge in [-0.15, -0.1) is 10.2 Å². The monoisotopic (exact) mass is 471 g/mol. The molecule has 166 valence electrons. The Morgan fingerprint density at radius 3 is 2.44 bits per heavy atom. The van der Waals surface area contributed by atoms with E-state index in [1.165, 1.54) is 16.9 Å². The maximum atomic E-state index is 11.0. The number of phosphoric ester groups is 1. The van der Waals surface area contributed by atoms with Crippen LogP contribution in [0.2, 0.25) is 0 Å². The Hall–Kier alpha value is -2.72. The molecule has 4 aromatic rings. The van der Waals surface area contributed by atoms with Gasteiger partial charge in [-0.1, -0.05) is 65.9 Å². The van der Waals surface area contributed by atoms with Crippen molar-refractivity contribution in [2.24, 2.45) is 5.73 Å². The molecule has 4 rings (SSSR count).